The van der Waals surface area contributed by atoms with Crippen molar-refractivity contribution in [3.8, 4) is 0 Å². The molecule has 0 fully saturated rings. The fraction of sp³-hybridized carbons (Fsp3) is 0. The maximum Gasteiger partial charge on any atom is 0.150 e. The highest BCUT2D eigenvalue weighted by Gasteiger charge is 1.85. The monoisotopic (exact) mass is 178 g/mol. The summed E-state index contributed by atoms with van der Waals surface area (Å²) in [6.07, 6.45) is 3.71. The van der Waals surface area contributed by atoms with Crippen molar-refractivity contribution >= 4 is 24.0 Å². The number of aldehydes is 1. The molecule has 0 radical (unpaired) electrons. The zero-order valence-electron chi connectivity index (χ0n) is 6.33. The first kappa shape index (κ1) is 8.79. The minimum absolute atomic E-state index is 0.687. The Morgan fingerprint density at radius 2 is 1.92 bits per heavy atom. The van der Waals surface area contributed by atoms with Gasteiger partial charge in [-0.25, -0.2) is 0 Å². The van der Waals surface area contributed by atoms with Crippen LogP contribution in [0.3, 0.4) is 0 Å². The van der Waals surface area contributed by atoms with E-state index in [0.29, 0.717) is 11.3 Å². The molecule has 0 aliphatic rings. The van der Waals surface area contributed by atoms with Crippen LogP contribution in [-0.2, 0) is 4.79 Å². The van der Waals surface area contributed by atoms with Crippen LogP contribution >= 0.6 is 11.6 Å². The first-order valence-electron chi connectivity index (χ1n) is 3.45. The molecule has 60 valence electrons. The molecule has 0 saturated carbocycles. The van der Waals surface area contributed by atoms with Crippen molar-refractivity contribution in [2.24, 2.45) is 0 Å². The van der Waals surface area contributed by atoms with Crippen LogP contribution in [0.1, 0.15) is 5.56 Å². The third-order valence-corrected chi connectivity index (χ3v) is 1.54. The Morgan fingerprint density at radius 1 is 1.25 bits per heavy atom. The summed E-state index contributed by atoms with van der Waals surface area (Å²) in [5.41, 5.74) is 3.68. The summed E-state index contributed by atoms with van der Waals surface area (Å²) < 4.78 is 0. The quantitative estimate of drug-likeness (QED) is 0.387. The molecule has 0 atom stereocenters. The standard InChI is InChI=1S/C10H7ClO/c11-10-6-4-9(5-7-10)3-1-2-8-12/h2-8H. The highest BCUT2D eigenvalue weighted by Crippen LogP contribution is 2.09. The molecule has 2 heteroatoms. The van der Waals surface area contributed by atoms with Crippen molar-refractivity contribution in [1.29, 1.82) is 0 Å². The molecule has 1 aromatic rings. The topological polar surface area (TPSA) is 17.1 Å². The lowest BCUT2D eigenvalue weighted by Gasteiger charge is -1.89. The van der Waals surface area contributed by atoms with Crippen molar-refractivity contribution < 1.29 is 4.79 Å². The highest BCUT2D eigenvalue weighted by molar-refractivity contribution is 6.30. The van der Waals surface area contributed by atoms with Gasteiger partial charge in [0.1, 0.15) is 0 Å². The number of allylic oxidation sites excluding steroid dienone is 1. The number of hydrogen-bond acceptors (Lipinski definition) is 1. The Bertz CT molecular complexity index is 318. The molecule has 12 heavy (non-hydrogen) atoms. The smallest absolute Gasteiger partial charge is 0.150 e. The number of halogens is 1. The van der Waals surface area contributed by atoms with Gasteiger partial charge >= 0.3 is 0 Å². The molecule has 0 aliphatic heterocycles. The van der Waals surface area contributed by atoms with Crippen LogP contribution in [-0.4, -0.2) is 6.29 Å². The van der Waals surface area contributed by atoms with E-state index in [1.807, 2.05) is 12.1 Å². The largest absolute Gasteiger partial charge is 0.298 e. The molecule has 0 aromatic heterocycles. The van der Waals surface area contributed by atoms with Crippen molar-refractivity contribution in [3.05, 3.63) is 46.7 Å². The van der Waals surface area contributed by atoms with Gasteiger partial charge in [0.2, 0.25) is 0 Å². The van der Waals surface area contributed by atoms with Gasteiger partial charge in [-0.2, -0.15) is 0 Å². The maximum atomic E-state index is 9.89. The lowest BCUT2D eigenvalue weighted by atomic mass is 10.2. The first-order chi connectivity index (χ1) is 5.83. The lowest BCUT2D eigenvalue weighted by molar-refractivity contribution is -0.104. The van der Waals surface area contributed by atoms with Gasteiger partial charge in [0, 0.05) is 11.1 Å². The lowest BCUT2D eigenvalue weighted by Crippen LogP contribution is -1.68. The summed E-state index contributed by atoms with van der Waals surface area (Å²) >= 11 is 5.67. The van der Waals surface area contributed by atoms with E-state index in [1.165, 1.54) is 6.08 Å². The minimum Gasteiger partial charge on any atom is -0.298 e. The van der Waals surface area contributed by atoms with E-state index >= 15 is 0 Å². The Balaban J connectivity index is 2.84. The zero-order valence-corrected chi connectivity index (χ0v) is 7.08. The summed E-state index contributed by atoms with van der Waals surface area (Å²) in [6, 6.07) is 7.29. The van der Waals surface area contributed by atoms with Gasteiger partial charge in [-0.05, 0) is 23.8 Å². The van der Waals surface area contributed by atoms with E-state index in [9.17, 15) is 4.79 Å². The average molecular weight is 179 g/mol. The van der Waals surface area contributed by atoms with Crippen molar-refractivity contribution in [3.63, 3.8) is 0 Å². The molecule has 0 heterocycles. The van der Waals surface area contributed by atoms with Crippen LogP contribution < -0.4 is 0 Å². The van der Waals surface area contributed by atoms with Crippen LogP contribution in [0.5, 0.6) is 0 Å². The second kappa shape index (κ2) is 4.55. The number of rotatable bonds is 2. The van der Waals surface area contributed by atoms with Crippen LogP contribution in [0.2, 0.25) is 5.02 Å². The number of hydrogen-bond donors (Lipinski definition) is 0. The van der Waals surface area contributed by atoms with Gasteiger partial charge < -0.3 is 0 Å². The summed E-state index contributed by atoms with van der Waals surface area (Å²) in [5.74, 6) is 0. The van der Waals surface area contributed by atoms with E-state index in [0.717, 1.165) is 5.56 Å². The van der Waals surface area contributed by atoms with Crippen LogP contribution in [0.25, 0.3) is 6.08 Å². The zero-order chi connectivity index (χ0) is 8.81. The number of benzene rings is 1. The summed E-state index contributed by atoms with van der Waals surface area (Å²) in [7, 11) is 0. The van der Waals surface area contributed by atoms with E-state index in [-0.39, 0.29) is 0 Å². The third kappa shape index (κ3) is 2.75. The molecule has 0 unspecified atom stereocenters. The number of carbonyl (C=O) groups excluding carboxylic acids is 1. The fourth-order valence-corrected chi connectivity index (χ4v) is 0.869. The molecular weight excluding hydrogens is 172 g/mol. The van der Waals surface area contributed by atoms with Crippen molar-refractivity contribution in [1.82, 2.24) is 0 Å². The second-order valence-electron chi connectivity index (χ2n) is 2.17. The van der Waals surface area contributed by atoms with Gasteiger partial charge in [0.25, 0.3) is 0 Å². The maximum absolute atomic E-state index is 9.89. The van der Waals surface area contributed by atoms with E-state index in [1.54, 1.807) is 18.2 Å². The normalized spacial score (nSPS) is 8.42. The van der Waals surface area contributed by atoms with Crippen LogP contribution in [0.4, 0.5) is 0 Å². The molecule has 0 N–H and O–H groups in total. The van der Waals surface area contributed by atoms with Gasteiger partial charge in [0.05, 0.1) is 0 Å². The molecule has 0 bridgehead atoms. The number of carbonyl (C=O) groups is 1. The molecule has 0 spiro atoms. The van der Waals surface area contributed by atoms with E-state index in [2.05, 4.69) is 5.73 Å². The predicted octanol–water partition coefficient (Wildman–Crippen LogP) is 2.71. The van der Waals surface area contributed by atoms with Crippen molar-refractivity contribution in [2.45, 2.75) is 0 Å². The Hall–Kier alpha value is -1.30. The summed E-state index contributed by atoms with van der Waals surface area (Å²) in [5, 5.41) is 0.700. The molecule has 1 aromatic carbocycles. The predicted molar refractivity (Wildman–Crippen MR) is 50.1 cm³/mol. The van der Waals surface area contributed by atoms with Gasteiger partial charge in [-0.3, -0.25) is 4.79 Å². The average Bonchev–Trinajstić information content (AvgIpc) is 2.09. The fourth-order valence-electron chi connectivity index (χ4n) is 0.743. The molecule has 0 amide bonds. The SMILES string of the molecule is O=CC=C=Cc1ccc(Cl)cc1. The minimum atomic E-state index is 0.687. The van der Waals surface area contributed by atoms with Gasteiger partial charge in [0.15, 0.2) is 6.29 Å². The molecule has 0 aliphatic carbocycles. The van der Waals surface area contributed by atoms with E-state index < -0.39 is 0 Å². The van der Waals surface area contributed by atoms with E-state index in [4.69, 9.17) is 11.6 Å². The molecule has 1 nitrogen and oxygen atoms in total. The Kier molecular flexibility index (Phi) is 3.34. The van der Waals surface area contributed by atoms with Gasteiger partial charge in [-0.15, -0.1) is 5.73 Å². The molecule has 1 rings (SSSR count). The van der Waals surface area contributed by atoms with Crippen molar-refractivity contribution in [2.75, 3.05) is 0 Å². The summed E-state index contributed by atoms with van der Waals surface area (Å²) in [4.78, 5) is 9.89. The highest BCUT2D eigenvalue weighted by atomic mass is 35.5. The first-order valence-corrected chi connectivity index (χ1v) is 3.82. The third-order valence-electron chi connectivity index (χ3n) is 1.28. The Labute approximate surface area is 76.0 Å². The molecular formula is C10H7ClO. The molecule has 0 saturated heterocycles. The van der Waals surface area contributed by atoms with Crippen LogP contribution in [0, 0.1) is 0 Å². The van der Waals surface area contributed by atoms with Gasteiger partial charge in [-0.1, -0.05) is 23.7 Å². The second-order valence-corrected chi connectivity index (χ2v) is 2.60. The Morgan fingerprint density at radius 3 is 2.50 bits per heavy atom. The summed E-state index contributed by atoms with van der Waals surface area (Å²) in [6.45, 7) is 0. The van der Waals surface area contributed by atoms with Crippen LogP contribution in [0.15, 0.2) is 36.1 Å².